The Labute approximate surface area is 111 Å². The summed E-state index contributed by atoms with van der Waals surface area (Å²) in [5.74, 6) is 0.518. The fraction of sp³-hybridized carbons (Fsp3) is 0.688. The molecule has 2 nitrogen and oxygen atoms in total. The van der Waals surface area contributed by atoms with Gasteiger partial charge >= 0.3 is 5.97 Å². The Hall–Kier alpha value is -1.05. The lowest BCUT2D eigenvalue weighted by molar-refractivity contribution is -0.136. The topological polar surface area (TPSA) is 26.3 Å². The zero-order valence-electron chi connectivity index (χ0n) is 12.6. The number of allylic oxidation sites excluding steroid dienone is 4. The molecule has 18 heavy (non-hydrogen) atoms. The highest BCUT2D eigenvalue weighted by Crippen LogP contribution is 2.43. The van der Waals surface area contributed by atoms with E-state index >= 15 is 0 Å². The minimum Gasteiger partial charge on any atom is -0.432 e. The van der Waals surface area contributed by atoms with Gasteiger partial charge in [0, 0.05) is 6.92 Å². The molecule has 0 spiro atoms. The average Bonchev–Trinajstić information content (AvgIpc) is 2.22. The molecular formula is C16H26O2. The molecule has 0 saturated heterocycles. The minimum atomic E-state index is -0.236. The molecule has 102 valence electrons. The van der Waals surface area contributed by atoms with E-state index in [9.17, 15) is 4.79 Å². The van der Waals surface area contributed by atoms with Crippen LogP contribution in [0.5, 0.6) is 0 Å². The first-order chi connectivity index (χ1) is 8.24. The first kappa shape index (κ1) is 15.0. The van der Waals surface area contributed by atoms with Crippen molar-refractivity contribution in [2.75, 3.05) is 0 Å². The molecule has 0 amide bonds. The molecule has 1 rings (SSSR count). The quantitative estimate of drug-likeness (QED) is 0.410. The summed E-state index contributed by atoms with van der Waals surface area (Å²) < 4.78 is 5.18. The Bertz CT molecular complexity index is 397. The molecule has 0 radical (unpaired) electrons. The highest BCUT2D eigenvalue weighted by atomic mass is 16.5. The summed E-state index contributed by atoms with van der Waals surface area (Å²) in [6.45, 7) is 12.3. The lowest BCUT2D eigenvalue weighted by atomic mass is 9.71. The summed E-state index contributed by atoms with van der Waals surface area (Å²) in [7, 11) is 0. The summed E-state index contributed by atoms with van der Waals surface area (Å²) in [6, 6.07) is 0. The van der Waals surface area contributed by atoms with Crippen LogP contribution in [0.15, 0.2) is 22.5 Å². The Kier molecular flexibility index (Phi) is 4.78. The van der Waals surface area contributed by atoms with E-state index in [1.165, 1.54) is 37.3 Å². The Balaban J connectivity index is 2.92. The molecule has 0 aliphatic heterocycles. The van der Waals surface area contributed by atoms with E-state index in [1.54, 1.807) is 0 Å². The van der Waals surface area contributed by atoms with Crippen molar-refractivity contribution >= 4 is 5.97 Å². The number of carbonyl (C=O) groups excluding carboxylic acids is 1. The van der Waals surface area contributed by atoms with Gasteiger partial charge in [0.25, 0.3) is 0 Å². The number of hydrogen-bond acceptors (Lipinski definition) is 2. The number of esters is 1. The van der Waals surface area contributed by atoms with Crippen molar-refractivity contribution in [3.8, 4) is 0 Å². The zero-order valence-corrected chi connectivity index (χ0v) is 12.6. The smallest absolute Gasteiger partial charge is 0.307 e. The van der Waals surface area contributed by atoms with Gasteiger partial charge in [-0.05, 0) is 57.4 Å². The molecule has 0 heterocycles. The van der Waals surface area contributed by atoms with Crippen LogP contribution in [0.3, 0.4) is 0 Å². The Morgan fingerprint density at radius 3 is 2.39 bits per heavy atom. The van der Waals surface area contributed by atoms with Crippen LogP contribution < -0.4 is 0 Å². The normalized spacial score (nSPS) is 20.6. The predicted octanol–water partition coefficient (Wildman–Crippen LogP) is 4.76. The molecule has 0 bridgehead atoms. The van der Waals surface area contributed by atoms with Crippen LogP contribution in [0.4, 0.5) is 0 Å². The molecule has 0 aromatic carbocycles. The van der Waals surface area contributed by atoms with Crippen LogP contribution in [0.25, 0.3) is 0 Å². The second-order valence-corrected chi connectivity index (χ2v) is 6.10. The van der Waals surface area contributed by atoms with Crippen LogP contribution in [-0.2, 0) is 9.53 Å². The van der Waals surface area contributed by atoms with Crippen LogP contribution in [-0.4, -0.2) is 5.97 Å². The SMILES string of the molecule is CC(=O)O/C(C)=C(\C)CC1=C(C)CCCC1(C)C. The zero-order chi connectivity index (χ0) is 13.9. The van der Waals surface area contributed by atoms with E-state index in [0.29, 0.717) is 0 Å². The van der Waals surface area contributed by atoms with E-state index in [-0.39, 0.29) is 11.4 Å². The van der Waals surface area contributed by atoms with Crippen molar-refractivity contribution in [3.05, 3.63) is 22.5 Å². The van der Waals surface area contributed by atoms with Gasteiger partial charge in [0.2, 0.25) is 0 Å². The van der Waals surface area contributed by atoms with E-state index in [2.05, 4.69) is 27.7 Å². The first-order valence-corrected chi connectivity index (χ1v) is 6.78. The molecule has 1 aliphatic carbocycles. The fourth-order valence-electron chi connectivity index (χ4n) is 2.76. The third-order valence-electron chi connectivity index (χ3n) is 4.03. The van der Waals surface area contributed by atoms with E-state index in [4.69, 9.17) is 4.74 Å². The molecular weight excluding hydrogens is 224 g/mol. The summed E-state index contributed by atoms with van der Waals surface area (Å²) >= 11 is 0. The van der Waals surface area contributed by atoms with Crippen molar-refractivity contribution in [1.29, 1.82) is 0 Å². The fourth-order valence-corrected chi connectivity index (χ4v) is 2.76. The van der Waals surface area contributed by atoms with Gasteiger partial charge in [-0.2, -0.15) is 0 Å². The van der Waals surface area contributed by atoms with Crippen molar-refractivity contribution in [1.82, 2.24) is 0 Å². The van der Waals surface area contributed by atoms with Gasteiger partial charge in [0.15, 0.2) is 0 Å². The molecule has 0 N–H and O–H groups in total. The van der Waals surface area contributed by atoms with Crippen molar-refractivity contribution in [2.45, 2.75) is 67.2 Å². The summed E-state index contributed by atoms with van der Waals surface area (Å²) in [6.07, 6.45) is 4.67. The van der Waals surface area contributed by atoms with Gasteiger partial charge in [-0.1, -0.05) is 25.0 Å². The summed E-state index contributed by atoms with van der Waals surface area (Å²) in [5.41, 5.74) is 4.48. The number of rotatable bonds is 3. The molecule has 1 aliphatic rings. The second-order valence-electron chi connectivity index (χ2n) is 6.10. The van der Waals surface area contributed by atoms with Gasteiger partial charge in [-0.25, -0.2) is 0 Å². The van der Waals surface area contributed by atoms with Crippen LogP contribution in [0.1, 0.15) is 67.2 Å². The maximum absolute atomic E-state index is 11.0. The number of hydrogen-bond donors (Lipinski definition) is 0. The van der Waals surface area contributed by atoms with Crippen LogP contribution in [0.2, 0.25) is 0 Å². The maximum atomic E-state index is 11.0. The van der Waals surface area contributed by atoms with E-state index < -0.39 is 0 Å². The molecule has 0 aromatic rings. The molecule has 0 atom stereocenters. The third-order valence-corrected chi connectivity index (χ3v) is 4.03. The standard InChI is InChI=1S/C16H26O2/c1-11-8-7-9-16(5,6)15(11)10-12(2)13(3)18-14(4)17/h7-10H2,1-6H3/b13-12+. The van der Waals surface area contributed by atoms with Crippen LogP contribution in [0, 0.1) is 5.41 Å². The van der Waals surface area contributed by atoms with Gasteiger partial charge in [0.05, 0.1) is 0 Å². The van der Waals surface area contributed by atoms with Gasteiger partial charge in [0.1, 0.15) is 5.76 Å². The van der Waals surface area contributed by atoms with Gasteiger partial charge in [-0.3, -0.25) is 4.79 Å². The molecule has 0 fully saturated rings. The lowest BCUT2D eigenvalue weighted by Gasteiger charge is -2.35. The van der Waals surface area contributed by atoms with Crippen molar-refractivity contribution < 1.29 is 9.53 Å². The third kappa shape index (κ3) is 3.72. The summed E-state index contributed by atoms with van der Waals surface area (Å²) in [5, 5.41) is 0. The monoisotopic (exact) mass is 250 g/mol. The Morgan fingerprint density at radius 2 is 1.89 bits per heavy atom. The molecule has 0 aromatic heterocycles. The van der Waals surface area contributed by atoms with Gasteiger partial charge < -0.3 is 4.74 Å². The molecule has 0 unspecified atom stereocenters. The highest BCUT2D eigenvalue weighted by molar-refractivity contribution is 5.67. The Morgan fingerprint density at radius 1 is 1.28 bits per heavy atom. The predicted molar refractivity (Wildman–Crippen MR) is 75.1 cm³/mol. The van der Waals surface area contributed by atoms with Crippen molar-refractivity contribution in [2.24, 2.45) is 5.41 Å². The lowest BCUT2D eigenvalue weighted by Crippen LogP contribution is -2.20. The largest absolute Gasteiger partial charge is 0.432 e. The first-order valence-electron chi connectivity index (χ1n) is 6.78. The van der Waals surface area contributed by atoms with Crippen molar-refractivity contribution in [3.63, 3.8) is 0 Å². The average molecular weight is 250 g/mol. The molecule has 0 saturated carbocycles. The summed E-state index contributed by atoms with van der Waals surface area (Å²) in [4.78, 5) is 11.0. The minimum absolute atomic E-state index is 0.236. The van der Waals surface area contributed by atoms with E-state index in [0.717, 1.165) is 17.8 Å². The van der Waals surface area contributed by atoms with Gasteiger partial charge in [-0.15, -0.1) is 0 Å². The highest BCUT2D eigenvalue weighted by Gasteiger charge is 2.28. The van der Waals surface area contributed by atoms with E-state index in [1.807, 2.05) is 6.92 Å². The number of ether oxygens (including phenoxy) is 1. The number of carbonyl (C=O) groups is 1. The molecule has 2 heteroatoms. The second kappa shape index (κ2) is 5.73. The maximum Gasteiger partial charge on any atom is 0.307 e. The van der Waals surface area contributed by atoms with Crippen LogP contribution >= 0.6 is 0 Å².